The highest BCUT2D eigenvalue weighted by molar-refractivity contribution is 5.02. The molecule has 90 valence electrons. The molecule has 1 saturated carbocycles. The third kappa shape index (κ3) is 2.59. The van der Waals surface area contributed by atoms with Crippen LogP contribution in [-0.2, 0) is 17.9 Å². The van der Waals surface area contributed by atoms with Crippen molar-refractivity contribution < 1.29 is 4.74 Å². The molecule has 0 saturated heterocycles. The van der Waals surface area contributed by atoms with Gasteiger partial charge < -0.3 is 15.0 Å². The SMILES string of the molecule is CC(C)(C)OCc1nnc(CN)n1C1CC1. The summed E-state index contributed by atoms with van der Waals surface area (Å²) in [4.78, 5) is 0. The maximum absolute atomic E-state index is 5.73. The van der Waals surface area contributed by atoms with Gasteiger partial charge in [0, 0.05) is 6.04 Å². The number of ether oxygens (including phenoxy) is 1. The smallest absolute Gasteiger partial charge is 0.159 e. The van der Waals surface area contributed by atoms with E-state index in [0.29, 0.717) is 19.2 Å². The van der Waals surface area contributed by atoms with Crippen molar-refractivity contribution in [2.24, 2.45) is 5.73 Å². The van der Waals surface area contributed by atoms with Gasteiger partial charge in [0.05, 0.1) is 12.1 Å². The Kier molecular flexibility index (Phi) is 2.99. The van der Waals surface area contributed by atoms with Gasteiger partial charge in [0.2, 0.25) is 0 Å². The Morgan fingerprint density at radius 1 is 1.31 bits per heavy atom. The van der Waals surface area contributed by atoms with Gasteiger partial charge in [-0.3, -0.25) is 0 Å². The first-order chi connectivity index (χ1) is 7.51. The zero-order valence-corrected chi connectivity index (χ0v) is 10.2. The van der Waals surface area contributed by atoms with Gasteiger partial charge in [-0.1, -0.05) is 0 Å². The summed E-state index contributed by atoms with van der Waals surface area (Å²) in [6, 6.07) is 0.548. The van der Waals surface area contributed by atoms with Crippen LogP contribution in [0.3, 0.4) is 0 Å². The van der Waals surface area contributed by atoms with Crippen LogP contribution in [0.4, 0.5) is 0 Å². The van der Waals surface area contributed by atoms with Crippen LogP contribution < -0.4 is 5.73 Å². The third-order valence-corrected chi connectivity index (χ3v) is 2.57. The molecule has 0 unspecified atom stereocenters. The molecule has 0 radical (unpaired) electrons. The monoisotopic (exact) mass is 224 g/mol. The van der Waals surface area contributed by atoms with Crippen LogP contribution >= 0.6 is 0 Å². The first-order valence-electron chi connectivity index (χ1n) is 5.78. The largest absolute Gasteiger partial charge is 0.368 e. The number of hydrogen-bond donors (Lipinski definition) is 1. The quantitative estimate of drug-likeness (QED) is 0.839. The summed E-state index contributed by atoms with van der Waals surface area (Å²) in [7, 11) is 0. The summed E-state index contributed by atoms with van der Waals surface area (Å²) in [5.74, 6) is 1.77. The van der Waals surface area contributed by atoms with Gasteiger partial charge in [-0.2, -0.15) is 0 Å². The van der Waals surface area contributed by atoms with Crippen molar-refractivity contribution in [1.29, 1.82) is 0 Å². The Hall–Kier alpha value is -0.940. The molecular formula is C11H20N4O. The summed E-state index contributed by atoms with van der Waals surface area (Å²) >= 11 is 0. The highest BCUT2D eigenvalue weighted by atomic mass is 16.5. The Balaban J connectivity index is 2.11. The van der Waals surface area contributed by atoms with E-state index < -0.39 is 0 Å². The fourth-order valence-electron chi connectivity index (χ4n) is 1.63. The molecule has 2 rings (SSSR count). The second-order valence-electron chi connectivity index (χ2n) is 5.24. The fraction of sp³-hybridized carbons (Fsp3) is 0.818. The molecule has 5 nitrogen and oxygen atoms in total. The average Bonchev–Trinajstić information content (AvgIpc) is 2.94. The first kappa shape index (κ1) is 11.5. The highest BCUT2D eigenvalue weighted by Gasteiger charge is 2.29. The van der Waals surface area contributed by atoms with Gasteiger partial charge in [0.15, 0.2) is 5.82 Å². The van der Waals surface area contributed by atoms with Crippen LogP contribution in [0.2, 0.25) is 0 Å². The molecule has 1 heterocycles. The number of aromatic nitrogens is 3. The highest BCUT2D eigenvalue weighted by Crippen LogP contribution is 2.36. The van der Waals surface area contributed by atoms with E-state index in [2.05, 4.69) is 14.8 Å². The van der Waals surface area contributed by atoms with Gasteiger partial charge in [-0.15, -0.1) is 10.2 Å². The summed E-state index contributed by atoms with van der Waals surface area (Å²) < 4.78 is 7.87. The lowest BCUT2D eigenvalue weighted by atomic mass is 10.2. The Morgan fingerprint density at radius 3 is 2.44 bits per heavy atom. The number of nitrogens with zero attached hydrogens (tertiary/aromatic N) is 3. The van der Waals surface area contributed by atoms with Crippen LogP contribution in [0.25, 0.3) is 0 Å². The fourth-order valence-corrected chi connectivity index (χ4v) is 1.63. The Labute approximate surface area is 96.0 Å². The lowest BCUT2D eigenvalue weighted by molar-refractivity contribution is -0.0195. The molecule has 0 spiro atoms. The lowest BCUT2D eigenvalue weighted by Crippen LogP contribution is -2.20. The van der Waals surface area contributed by atoms with Gasteiger partial charge >= 0.3 is 0 Å². The molecule has 1 aliphatic carbocycles. The molecule has 2 N–H and O–H groups in total. The van der Waals surface area contributed by atoms with E-state index in [1.165, 1.54) is 12.8 Å². The number of rotatable bonds is 4. The van der Waals surface area contributed by atoms with Crippen molar-refractivity contribution in [2.45, 2.75) is 58.4 Å². The minimum atomic E-state index is -0.150. The molecule has 0 aliphatic heterocycles. The topological polar surface area (TPSA) is 66.0 Å². The van der Waals surface area contributed by atoms with Crippen LogP contribution in [0, 0.1) is 0 Å². The van der Waals surface area contributed by atoms with Crippen molar-refractivity contribution in [3.8, 4) is 0 Å². The van der Waals surface area contributed by atoms with Gasteiger partial charge in [0.1, 0.15) is 12.4 Å². The van der Waals surface area contributed by atoms with Gasteiger partial charge in [-0.25, -0.2) is 0 Å². The van der Waals surface area contributed by atoms with Crippen molar-refractivity contribution in [2.75, 3.05) is 0 Å². The predicted octanol–water partition coefficient (Wildman–Crippen LogP) is 1.39. The van der Waals surface area contributed by atoms with Crippen molar-refractivity contribution in [3.05, 3.63) is 11.6 Å². The maximum atomic E-state index is 5.73. The minimum absolute atomic E-state index is 0.150. The van der Waals surface area contributed by atoms with Crippen molar-refractivity contribution >= 4 is 0 Å². The van der Waals surface area contributed by atoms with E-state index in [9.17, 15) is 0 Å². The first-order valence-corrected chi connectivity index (χ1v) is 5.78. The van der Waals surface area contributed by atoms with Crippen LogP contribution in [-0.4, -0.2) is 20.4 Å². The van der Waals surface area contributed by atoms with Crippen LogP contribution in [0.15, 0.2) is 0 Å². The lowest BCUT2D eigenvalue weighted by Gasteiger charge is -2.19. The summed E-state index contributed by atoms with van der Waals surface area (Å²) in [5.41, 5.74) is 5.50. The van der Waals surface area contributed by atoms with Gasteiger partial charge in [-0.05, 0) is 33.6 Å². The molecule has 0 aromatic carbocycles. The predicted molar refractivity (Wildman–Crippen MR) is 60.7 cm³/mol. The van der Waals surface area contributed by atoms with E-state index in [4.69, 9.17) is 10.5 Å². The van der Waals surface area contributed by atoms with Crippen LogP contribution in [0.1, 0.15) is 51.3 Å². The van der Waals surface area contributed by atoms with E-state index in [-0.39, 0.29) is 5.60 Å². The zero-order valence-electron chi connectivity index (χ0n) is 10.2. The maximum Gasteiger partial charge on any atom is 0.159 e. The third-order valence-electron chi connectivity index (χ3n) is 2.57. The Morgan fingerprint density at radius 2 is 1.94 bits per heavy atom. The molecule has 1 aliphatic rings. The van der Waals surface area contributed by atoms with Gasteiger partial charge in [0.25, 0.3) is 0 Å². The average molecular weight is 224 g/mol. The van der Waals surface area contributed by atoms with E-state index >= 15 is 0 Å². The molecule has 16 heavy (non-hydrogen) atoms. The normalized spacial score (nSPS) is 16.8. The number of hydrogen-bond acceptors (Lipinski definition) is 4. The van der Waals surface area contributed by atoms with Crippen molar-refractivity contribution in [3.63, 3.8) is 0 Å². The van der Waals surface area contributed by atoms with Crippen LogP contribution in [0.5, 0.6) is 0 Å². The standard InChI is InChI=1S/C11H20N4O/c1-11(2,3)16-7-10-14-13-9(6-12)15(10)8-4-5-8/h8H,4-7,12H2,1-3H3. The molecule has 1 fully saturated rings. The number of nitrogens with two attached hydrogens (primary N) is 1. The zero-order chi connectivity index (χ0) is 11.8. The summed E-state index contributed by atoms with van der Waals surface area (Å²) in [6.45, 7) is 7.06. The second-order valence-corrected chi connectivity index (χ2v) is 5.24. The Bertz CT molecular complexity index is 363. The van der Waals surface area contributed by atoms with E-state index in [1.807, 2.05) is 20.8 Å². The van der Waals surface area contributed by atoms with Crippen molar-refractivity contribution in [1.82, 2.24) is 14.8 Å². The van der Waals surface area contributed by atoms with E-state index in [0.717, 1.165) is 11.6 Å². The molecule has 5 heteroatoms. The molecule has 1 aromatic heterocycles. The summed E-state index contributed by atoms with van der Waals surface area (Å²) in [6.07, 6.45) is 2.40. The minimum Gasteiger partial charge on any atom is -0.368 e. The molecular weight excluding hydrogens is 204 g/mol. The molecule has 1 aromatic rings. The molecule has 0 bridgehead atoms. The molecule has 0 atom stereocenters. The molecule has 0 amide bonds. The second kappa shape index (κ2) is 4.14. The summed E-state index contributed by atoms with van der Waals surface area (Å²) in [5, 5.41) is 8.26. The van der Waals surface area contributed by atoms with E-state index in [1.54, 1.807) is 0 Å².